The van der Waals surface area contributed by atoms with Crippen molar-refractivity contribution < 1.29 is 4.39 Å². The van der Waals surface area contributed by atoms with Crippen LogP contribution in [0.4, 0.5) is 10.2 Å². The van der Waals surface area contributed by atoms with Crippen molar-refractivity contribution in [1.82, 2.24) is 20.3 Å². The van der Waals surface area contributed by atoms with Crippen LogP contribution in [0.5, 0.6) is 0 Å². The molecule has 142 valence electrons. The van der Waals surface area contributed by atoms with Crippen molar-refractivity contribution in [3.8, 4) is 0 Å². The fraction of sp³-hybridized carbons (Fsp3) is 0.632. The lowest BCUT2D eigenvalue weighted by atomic mass is 10.1. The first-order valence-corrected chi connectivity index (χ1v) is 10.7. The minimum Gasteiger partial charge on any atom is -0.350 e. The fourth-order valence-electron chi connectivity index (χ4n) is 3.68. The van der Waals surface area contributed by atoms with Gasteiger partial charge in [-0.1, -0.05) is 39.5 Å². The van der Waals surface area contributed by atoms with E-state index < -0.39 is 0 Å². The molecule has 0 bridgehead atoms. The van der Waals surface area contributed by atoms with Gasteiger partial charge < -0.3 is 10.2 Å². The van der Waals surface area contributed by atoms with E-state index in [4.69, 9.17) is 4.98 Å². The number of fused-ring (bicyclic) bond motifs is 2. The molecule has 2 aromatic heterocycles. The molecule has 4 heterocycles. The van der Waals surface area contributed by atoms with Gasteiger partial charge in [-0.2, -0.15) is 0 Å². The predicted octanol–water partition coefficient (Wildman–Crippen LogP) is 3.59. The van der Waals surface area contributed by atoms with Crippen molar-refractivity contribution in [3.05, 3.63) is 17.2 Å². The zero-order valence-corrected chi connectivity index (χ0v) is 16.9. The van der Waals surface area contributed by atoms with Gasteiger partial charge in [0, 0.05) is 25.7 Å². The van der Waals surface area contributed by atoms with Crippen LogP contribution >= 0.6 is 11.8 Å². The lowest BCUT2D eigenvalue weighted by molar-refractivity contribution is 0.454. The minimum absolute atomic E-state index is 0.272. The van der Waals surface area contributed by atoms with E-state index in [0.717, 1.165) is 55.1 Å². The molecular weight excluding hydrogens is 349 g/mol. The first kappa shape index (κ1) is 19.3. The summed E-state index contributed by atoms with van der Waals surface area (Å²) in [4.78, 5) is 16.3. The Bertz CT molecular complexity index is 782. The number of thioether (sulfide) groups is 1. The lowest BCUT2D eigenvalue weighted by Crippen LogP contribution is -2.51. The van der Waals surface area contributed by atoms with Crippen molar-refractivity contribution in [1.29, 1.82) is 0 Å². The first-order chi connectivity index (χ1) is 12.7. The third-order valence-corrected chi connectivity index (χ3v) is 5.56. The maximum absolute atomic E-state index is 15.0. The van der Waals surface area contributed by atoms with E-state index in [1.807, 2.05) is 20.8 Å². The van der Waals surface area contributed by atoms with Gasteiger partial charge in [-0.25, -0.2) is 14.4 Å². The third kappa shape index (κ3) is 3.39. The smallest absolute Gasteiger partial charge is 0.190 e. The van der Waals surface area contributed by atoms with Gasteiger partial charge in [0.25, 0.3) is 0 Å². The molecule has 2 aliphatic heterocycles. The van der Waals surface area contributed by atoms with Crippen LogP contribution < -0.4 is 10.2 Å². The Morgan fingerprint density at radius 3 is 2.77 bits per heavy atom. The van der Waals surface area contributed by atoms with E-state index in [-0.39, 0.29) is 5.82 Å². The van der Waals surface area contributed by atoms with E-state index in [2.05, 4.69) is 27.1 Å². The number of hydrogen-bond acceptors (Lipinski definition) is 6. The molecule has 1 atom stereocenters. The largest absolute Gasteiger partial charge is 0.350 e. The van der Waals surface area contributed by atoms with Gasteiger partial charge in [0.15, 0.2) is 11.0 Å². The summed E-state index contributed by atoms with van der Waals surface area (Å²) in [5.41, 5.74) is 1.94. The summed E-state index contributed by atoms with van der Waals surface area (Å²) in [6.07, 6.45) is 2.44. The molecule has 0 aromatic carbocycles. The summed E-state index contributed by atoms with van der Waals surface area (Å²) in [6, 6.07) is 0.388. The molecule has 0 radical (unpaired) electrons. The summed E-state index contributed by atoms with van der Waals surface area (Å²) in [7, 11) is 0. The van der Waals surface area contributed by atoms with Crippen LogP contribution in [0.2, 0.25) is 0 Å². The van der Waals surface area contributed by atoms with Crippen LogP contribution in [0.15, 0.2) is 5.16 Å². The highest BCUT2D eigenvalue weighted by molar-refractivity contribution is 7.99. The van der Waals surface area contributed by atoms with Crippen LogP contribution in [-0.2, 0) is 12.8 Å². The van der Waals surface area contributed by atoms with Crippen LogP contribution in [0, 0.1) is 5.82 Å². The number of piperazine rings is 1. The average Bonchev–Trinajstić information content (AvgIpc) is 2.84. The maximum atomic E-state index is 15.0. The molecule has 0 spiro atoms. The summed E-state index contributed by atoms with van der Waals surface area (Å²) in [5, 5.41) is 4.95. The Hall–Kier alpha value is -1.47. The average molecular weight is 378 g/mol. The topological polar surface area (TPSA) is 53.9 Å². The number of halogens is 1. The second-order valence-corrected chi connectivity index (χ2v) is 7.48. The molecule has 0 amide bonds. The van der Waals surface area contributed by atoms with Crippen molar-refractivity contribution >= 4 is 28.5 Å². The second-order valence-electron chi connectivity index (χ2n) is 6.25. The van der Waals surface area contributed by atoms with Gasteiger partial charge >= 0.3 is 0 Å². The summed E-state index contributed by atoms with van der Waals surface area (Å²) in [6.45, 7) is 10.8. The Labute approximate surface area is 159 Å². The number of hydrogen-bond donors (Lipinski definition) is 1. The number of nitrogens with one attached hydrogen (secondary N) is 1. The molecule has 7 heteroatoms. The summed E-state index contributed by atoms with van der Waals surface area (Å²) in [5.74, 6) is 1.48. The van der Waals surface area contributed by atoms with Crippen molar-refractivity contribution in [2.45, 2.75) is 58.2 Å². The molecule has 1 unspecified atom stereocenters. The van der Waals surface area contributed by atoms with E-state index in [1.54, 1.807) is 11.8 Å². The SMILES string of the molecule is CC.CCSc1nc2c3c(nc(CC)c(F)c3n1)CCC1CNCCN21. The van der Waals surface area contributed by atoms with E-state index in [1.165, 1.54) is 0 Å². The number of aryl methyl sites for hydroxylation is 2. The molecule has 0 aliphatic carbocycles. The van der Waals surface area contributed by atoms with Gasteiger partial charge in [0.05, 0.1) is 16.8 Å². The maximum Gasteiger partial charge on any atom is 0.190 e. The molecule has 4 rings (SSSR count). The predicted molar refractivity (Wildman–Crippen MR) is 107 cm³/mol. The normalized spacial score (nSPS) is 18.8. The molecule has 1 N–H and O–H groups in total. The quantitative estimate of drug-likeness (QED) is 0.652. The van der Waals surface area contributed by atoms with E-state index >= 15 is 0 Å². The zero-order valence-electron chi connectivity index (χ0n) is 16.1. The van der Waals surface area contributed by atoms with Gasteiger partial charge in [-0.15, -0.1) is 0 Å². The Kier molecular flexibility index (Phi) is 6.29. The van der Waals surface area contributed by atoms with Gasteiger partial charge in [-0.05, 0) is 25.0 Å². The third-order valence-electron chi connectivity index (χ3n) is 4.83. The molecule has 1 saturated heterocycles. The molecule has 2 aromatic rings. The standard InChI is InChI=1S/C17H22FN5S.C2H6/c1-3-11-14(18)15-13-12(20-11)6-5-10-9-19-7-8-23(10)16(13)22-17(21-15)24-4-2;1-2/h10,19H,3-9H2,1-2H3;1-2H3. The summed E-state index contributed by atoms with van der Waals surface area (Å²) < 4.78 is 15.0. The minimum atomic E-state index is -0.272. The monoisotopic (exact) mass is 377 g/mol. The molecular formula is C19H28FN5S. The molecule has 0 saturated carbocycles. The highest BCUT2D eigenvalue weighted by Gasteiger charge is 2.31. The van der Waals surface area contributed by atoms with Crippen LogP contribution in [0.3, 0.4) is 0 Å². The van der Waals surface area contributed by atoms with Crippen LogP contribution in [0.1, 0.15) is 45.5 Å². The molecule has 5 nitrogen and oxygen atoms in total. The molecule has 2 aliphatic rings. The summed E-state index contributed by atoms with van der Waals surface area (Å²) >= 11 is 1.57. The molecule has 26 heavy (non-hydrogen) atoms. The van der Waals surface area contributed by atoms with Gasteiger partial charge in [0.1, 0.15) is 11.3 Å². The lowest BCUT2D eigenvalue weighted by Gasteiger charge is -2.36. The number of anilines is 1. The number of aromatic nitrogens is 3. The fourth-order valence-corrected chi connectivity index (χ4v) is 4.24. The van der Waals surface area contributed by atoms with Crippen molar-refractivity contribution in [2.75, 3.05) is 30.3 Å². The van der Waals surface area contributed by atoms with Crippen molar-refractivity contribution in [3.63, 3.8) is 0 Å². The Morgan fingerprint density at radius 2 is 2.04 bits per heavy atom. The number of pyridine rings is 1. The number of rotatable bonds is 3. The van der Waals surface area contributed by atoms with E-state index in [0.29, 0.717) is 28.8 Å². The Balaban J connectivity index is 0.000000948. The highest BCUT2D eigenvalue weighted by Crippen LogP contribution is 2.36. The number of nitrogens with zero attached hydrogens (tertiary/aromatic N) is 4. The van der Waals surface area contributed by atoms with Gasteiger partial charge in [0.2, 0.25) is 0 Å². The van der Waals surface area contributed by atoms with Crippen LogP contribution in [-0.4, -0.2) is 46.4 Å². The van der Waals surface area contributed by atoms with Crippen molar-refractivity contribution in [2.24, 2.45) is 0 Å². The zero-order chi connectivity index (χ0) is 18.7. The van der Waals surface area contributed by atoms with Gasteiger partial charge in [-0.3, -0.25) is 4.98 Å². The second kappa shape index (κ2) is 8.48. The van der Waals surface area contributed by atoms with Crippen LogP contribution in [0.25, 0.3) is 10.9 Å². The first-order valence-electron chi connectivity index (χ1n) is 9.72. The molecule has 1 fully saturated rings. The highest BCUT2D eigenvalue weighted by atomic mass is 32.2. The Morgan fingerprint density at radius 1 is 1.23 bits per heavy atom. The van der Waals surface area contributed by atoms with E-state index in [9.17, 15) is 4.39 Å².